The first-order chi connectivity index (χ1) is 11.0. The van der Waals surface area contributed by atoms with Gasteiger partial charge in [0.1, 0.15) is 10.4 Å². The quantitative estimate of drug-likeness (QED) is 0.537. The van der Waals surface area contributed by atoms with Crippen LogP contribution < -0.4 is 5.11 Å². The highest BCUT2D eigenvalue weighted by Gasteiger charge is 2.14. The highest BCUT2D eigenvalue weighted by molar-refractivity contribution is 9.10. The van der Waals surface area contributed by atoms with Gasteiger partial charge in [0.25, 0.3) is 5.22 Å². The van der Waals surface area contributed by atoms with E-state index >= 15 is 0 Å². The molecule has 0 bridgehead atoms. The van der Waals surface area contributed by atoms with Crippen LogP contribution in [0.25, 0.3) is 17.2 Å². The van der Waals surface area contributed by atoms with Crippen LogP contribution in [-0.2, 0) is 4.79 Å². The third kappa shape index (κ3) is 3.57. The number of rotatable bonds is 4. The molecule has 5 nitrogen and oxygen atoms in total. The number of carboxylic acid groups (broad SMARTS) is 1. The second-order valence-corrected chi connectivity index (χ2v) is 6.40. The number of benzene rings is 2. The Bertz CT molecular complexity index is 886. The van der Waals surface area contributed by atoms with Crippen LogP contribution in [0, 0.1) is 0 Å². The Morgan fingerprint density at radius 3 is 2.78 bits per heavy atom. The second kappa shape index (κ2) is 6.47. The molecule has 2 aromatic carbocycles. The fraction of sp³-hybridized carbons (Fsp3) is 0. The van der Waals surface area contributed by atoms with Crippen molar-refractivity contribution in [3.05, 3.63) is 57.4 Å². The van der Waals surface area contributed by atoms with Crippen molar-refractivity contribution in [2.75, 3.05) is 0 Å². The van der Waals surface area contributed by atoms with Gasteiger partial charge in [-0.05, 0) is 41.6 Å². The van der Waals surface area contributed by atoms with E-state index in [1.165, 1.54) is 12.1 Å². The van der Waals surface area contributed by atoms with Gasteiger partial charge >= 0.3 is 5.97 Å². The number of nitrogens with zero attached hydrogens (tertiary/aromatic N) is 1. The zero-order chi connectivity index (χ0) is 16.4. The molecule has 0 saturated carbocycles. The number of para-hydroxylation sites is 2. The highest BCUT2D eigenvalue weighted by Crippen LogP contribution is 2.31. The average molecular weight is 391 g/mol. The molecule has 116 valence electrons. The van der Waals surface area contributed by atoms with Crippen molar-refractivity contribution in [2.45, 2.75) is 5.22 Å². The smallest absolute Gasteiger partial charge is 0.342 e. The van der Waals surface area contributed by atoms with E-state index in [1.807, 2.05) is 12.1 Å². The molecule has 1 heterocycles. The summed E-state index contributed by atoms with van der Waals surface area (Å²) in [6, 6.07) is 11.7. The number of fused-ring (bicyclic) bond motifs is 1. The van der Waals surface area contributed by atoms with Gasteiger partial charge in [0.2, 0.25) is 0 Å². The van der Waals surface area contributed by atoms with Gasteiger partial charge in [-0.3, -0.25) is 0 Å². The van der Waals surface area contributed by atoms with Crippen molar-refractivity contribution < 1.29 is 19.4 Å². The highest BCUT2D eigenvalue weighted by atomic mass is 79.9. The van der Waals surface area contributed by atoms with E-state index in [4.69, 9.17) is 4.42 Å². The van der Waals surface area contributed by atoms with E-state index in [-0.39, 0.29) is 15.9 Å². The van der Waals surface area contributed by atoms with E-state index in [0.29, 0.717) is 21.1 Å². The van der Waals surface area contributed by atoms with Crippen LogP contribution in [0.15, 0.2) is 61.5 Å². The van der Waals surface area contributed by atoms with Crippen molar-refractivity contribution in [1.82, 2.24) is 4.98 Å². The number of oxazole rings is 1. The van der Waals surface area contributed by atoms with Crippen LogP contribution in [0.2, 0.25) is 0 Å². The largest absolute Gasteiger partial charge is 0.872 e. The normalized spacial score (nSPS) is 11.8. The SMILES string of the molecule is O=C(O)/C(=C\c1ccc([O-])c(Br)c1)Sc1nc2ccccc2o1. The summed E-state index contributed by atoms with van der Waals surface area (Å²) in [7, 11) is 0. The Labute approximate surface area is 143 Å². The molecule has 0 aliphatic rings. The molecule has 23 heavy (non-hydrogen) atoms. The standard InChI is InChI=1S/C16H10BrNO4S/c17-10-7-9(5-6-12(10)19)8-14(15(20)21)23-16-18-11-3-1-2-4-13(11)22-16/h1-8,19H,(H,20,21)/p-1/b14-8+. The molecule has 7 heteroatoms. The molecular weight excluding hydrogens is 382 g/mol. The molecule has 3 rings (SSSR count). The fourth-order valence-corrected chi connectivity index (χ4v) is 3.02. The zero-order valence-electron chi connectivity index (χ0n) is 11.5. The summed E-state index contributed by atoms with van der Waals surface area (Å²) in [5, 5.41) is 21.0. The predicted octanol–water partition coefficient (Wildman–Crippen LogP) is 3.88. The van der Waals surface area contributed by atoms with Gasteiger partial charge in [0, 0.05) is 4.47 Å². The molecule has 0 aliphatic carbocycles. The minimum atomic E-state index is -1.10. The second-order valence-electron chi connectivity index (χ2n) is 4.55. The number of thioether (sulfide) groups is 1. The fourth-order valence-electron chi connectivity index (χ4n) is 1.88. The third-order valence-corrected chi connectivity index (χ3v) is 4.42. The lowest BCUT2D eigenvalue weighted by Crippen LogP contribution is -1.97. The first-order valence-electron chi connectivity index (χ1n) is 6.48. The summed E-state index contributed by atoms with van der Waals surface area (Å²) in [5.41, 5.74) is 1.86. The van der Waals surface area contributed by atoms with Crippen molar-refractivity contribution in [3.8, 4) is 5.75 Å². The number of aromatic nitrogens is 1. The summed E-state index contributed by atoms with van der Waals surface area (Å²) < 4.78 is 5.90. The molecule has 0 aliphatic heterocycles. The molecular formula is C16H9BrNO4S-. The third-order valence-electron chi connectivity index (χ3n) is 2.94. The van der Waals surface area contributed by atoms with Gasteiger partial charge in [-0.25, -0.2) is 9.78 Å². The number of halogens is 1. The maximum Gasteiger partial charge on any atom is 0.342 e. The summed E-state index contributed by atoms with van der Waals surface area (Å²) in [4.78, 5) is 15.7. The van der Waals surface area contributed by atoms with E-state index < -0.39 is 5.97 Å². The first kappa shape index (κ1) is 15.6. The summed E-state index contributed by atoms with van der Waals surface area (Å²) in [6.45, 7) is 0. The van der Waals surface area contributed by atoms with Crippen LogP contribution >= 0.6 is 27.7 Å². The topological polar surface area (TPSA) is 86.4 Å². The molecule has 0 atom stereocenters. The predicted molar refractivity (Wildman–Crippen MR) is 89.1 cm³/mol. The lowest BCUT2D eigenvalue weighted by atomic mass is 10.2. The molecule has 0 unspecified atom stereocenters. The van der Waals surface area contributed by atoms with Gasteiger partial charge in [-0.1, -0.05) is 45.9 Å². The first-order valence-corrected chi connectivity index (χ1v) is 8.09. The lowest BCUT2D eigenvalue weighted by Gasteiger charge is -2.08. The van der Waals surface area contributed by atoms with E-state index in [2.05, 4.69) is 20.9 Å². The Morgan fingerprint density at radius 1 is 1.30 bits per heavy atom. The molecule has 0 radical (unpaired) electrons. The minimum absolute atomic E-state index is 0.0436. The van der Waals surface area contributed by atoms with Crippen LogP contribution in [0.4, 0.5) is 0 Å². The maximum absolute atomic E-state index is 11.4. The number of carboxylic acids is 1. The average Bonchev–Trinajstić information content (AvgIpc) is 2.92. The molecule has 1 aromatic heterocycles. The number of aliphatic carboxylic acids is 1. The Morgan fingerprint density at radius 2 is 2.09 bits per heavy atom. The molecule has 0 spiro atoms. The van der Waals surface area contributed by atoms with E-state index in [9.17, 15) is 15.0 Å². The van der Waals surface area contributed by atoms with Crippen LogP contribution in [-0.4, -0.2) is 16.1 Å². The van der Waals surface area contributed by atoms with Gasteiger partial charge < -0.3 is 14.6 Å². The summed E-state index contributed by atoms with van der Waals surface area (Å²) in [6.07, 6.45) is 1.46. The van der Waals surface area contributed by atoms with Gasteiger partial charge in [0.05, 0.1) is 0 Å². The minimum Gasteiger partial charge on any atom is -0.872 e. The van der Waals surface area contributed by atoms with E-state index in [0.717, 1.165) is 11.8 Å². The monoisotopic (exact) mass is 390 g/mol. The van der Waals surface area contributed by atoms with Gasteiger partial charge in [-0.2, -0.15) is 0 Å². The number of carbonyl (C=O) groups is 1. The Hall–Kier alpha value is -2.25. The van der Waals surface area contributed by atoms with Crippen molar-refractivity contribution in [2.24, 2.45) is 0 Å². The van der Waals surface area contributed by atoms with Gasteiger partial charge in [0.15, 0.2) is 5.58 Å². The van der Waals surface area contributed by atoms with Crippen LogP contribution in [0.1, 0.15) is 5.56 Å². The number of hydrogen-bond acceptors (Lipinski definition) is 5. The van der Waals surface area contributed by atoms with Crippen molar-refractivity contribution in [1.29, 1.82) is 0 Å². The molecule has 0 saturated heterocycles. The summed E-state index contributed by atoms with van der Waals surface area (Å²) in [5.74, 6) is -1.26. The maximum atomic E-state index is 11.4. The molecule has 1 N–H and O–H groups in total. The molecule has 0 fully saturated rings. The van der Waals surface area contributed by atoms with Crippen LogP contribution in [0.5, 0.6) is 5.75 Å². The van der Waals surface area contributed by atoms with Crippen LogP contribution in [0.3, 0.4) is 0 Å². The van der Waals surface area contributed by atoms with Gasteiger partial charge in [-0.15, -0.1) is 0 Å². The van der Waals surface area contributed by atoms with E-state index in [1.54, 1.807) is 24.3 Å². The van der Waals surface area contributed by atoms with Crippen molar-refractivity contribution >= 4 is 50.8 Å². The van der Waals surface area contributed by atoms with Crippen molar-refractivity contribution in [3.63, 3.8) is 0 Å². The summed E-state index contributed by atoms with van der Waals surface area (Å²) >= 11 is 4.05. The lowest BCUT2D eigenvalue weighted by molar-refractivity contribution is -0.269. The Balaban J connectivity index is 1.93. The molecule has 3 aromatic rings. The Kier molecular flexibility index (Phi) is 4.40. The number of hydrogen-bond donors (Lipinski definition) is 1. The molecule has 0 amide bonds. The zero-order valence-corrected chi connectivity index (χ0v) is 13.9.